The minimum absolute atomic E-state index is 0.0338. The summed E-state index contributed by atoms with van der Waals surface area (Å²) in [6.07, 6.45) is 3.14. The molecule has 0 fully saturated rings. The Morgan fingerprint density at radius 2 is 1.73 bits per heavy atom. The maximum Gasteiger partial charge on any atom is 0.295 e. The largest absolute Gasteiger partial charge is 0.490 e. The Balaban J connectivity index is 1.67. The number of para-hydroxylation sites is 1. The molecular formula is C30H28ClNO5. The molecule has 1 amide bonds. The number of nitrogens with zero attached hydrogens (tertiary/aromatic N) is 1. The van der Waals surface area contributed by atoms with Crippen molar-refractivity contribution in [2.75, 3.05) is 18.1 Å². The maximum atomic E-state index is 13.8. The Kier molecular flexibility index (Phi) is 7.19. The predicted molar refractivity (Wildman–Crippen MR) is 145 cm³/mol. The molecule has 7 heteroatoms. The van der Waals surface area contributed by atoms with Crippen molar-refractivity contribution in [1.82, 2.24) is 0 Å². The Morgan fingerprint density at radius 3 is 2.49 bits per heavy atom. The zero-order valence-electron chi connectivity index (χ0n) is 20.8. The van der Waals surface area contributed by atoms with Crippen LogP contribution in [0.1, 0.15) is 60.8 Å². The predicted octanol–water partition coefficient (Wildman–Crippen LogP) is 7.16. The summed E-state index contributed by atoms with van der Waals surface area (Å²) in [5.41, 5.74) is 1.69. The van der Waals surface area contributed by atoms with E-state index >= 15 is 0 Å². The first kappa shape index (κ1) is 24.9. The molecule has 3 aromatic carbocycles. The van der Waals surface area contributed by atoms with Gasteiger partial charge in [0.2, 0.25) is 5.76 Å². The Bertz CT molecular complexity index is 1500. The van der Waals surface area contributed by atoms with Crippen LogP contribution in [0.15, 0.2) is 75.9 Å². The molecule has 2 heterocycles. The second-order valence-corrected chi connectivity index (χ2v) is 9.36. The van der Waals surface area contributed by atoms with Gasteiger partial charge in [0.1, 0.15) is 5.58 Å². The molecule has 1 aliphatic heterocycles. The lowest BCUT2D eigenvalue weighted by Gasteiger charge is -2.26. The van der Waals surface area contributed by atoms with Crippen LogP contribution >= 0.6 is 11.6 Å². The molecular weight excluding hydrogens is 490 g/mol. The van der Waals surface area contributed by atoms with E-state index in [1.165, 1.54) is 0 Å². The van der Waals surface area contributed by atoms with Crippen molar-refractivity contribution in [3.8, 4) is 11.5 Å². The molecule has 1 atom stereocenters. The number of halogens is 1. The number of hydrogen-bond acceptors (Lipinski definition) is 5. The van der Waals surface area contributed by atoms with Crippen molar-refractivity contribution in [2.45, 2.75) is 39.2 Å². The lowest BCUT2D eigenvalue weighted by Crippen LogP contribution is -2.29. The van der Waals surface area contributed by atoms with Gasteiger partial charge in [-0.05, 0) is 61.4 Å². The van der Waals surface area contributed by atoms with E-state index in [1.807, 2.05) is 55.5 Å². The molecule has 190 valence electrons. The second kappa shape index (κ2) is 10.7. The summed E-state index contributed by atoms with van der Waals surface area (Å²) in [6, 6.07) is 19.0. The van der Waals surface area contributed by atoms with E-state index in [9.17, 15) is 9.59 Å². The summed E-state index contributed by atoms with van der Waals surface area (Å²) in [7, 11) is 0. The fraction of sp³-hybridized carbons (Fsp3) is 0.267. The normalized spacial score (nSPS) is 14.7. The van der Waals surface area contributed by atoms with Gasteiger partial charge in [0, 0.05) is 10.7 Å². The van der Waals surface area contributed by atoms with Gasteiger partial charge >= 0.3 is 0 Å². The van der Waals surface area contributed by atoms with Gasteiger partial charge in [-0.3, -0.25) is 14.5 Å². The average Bonchev–Trinajstić information content (AvgIpc) is 3.21. The Hall–Kier alpha value is -3.77. The number of anilines is 1. The monoisotopic (exact) mass is 517 g/mol. The van der Waals surface area contributed by atoms with Crippen LogP contribution in [-0.2, 0) is 0 Å². The standard InChI is InChI=1S/C30H28ClNO5/c1-3-5-9-16-36-24-14-12-19(17-25(24)35-4-2)27-26-28(33)22-18-20(31)13-15-23(22)37-29(26)30(34)32(27)21-10-7-6-8-11-21/h6-8,10-15,17-18,27H,3-5,9,16H2,1-2H3. The van der Waals surface area contributed by atoms with Crippen LogP contribution in [0.4, 0.5) is 5.69 Å². The van der Waals surface area contributed by atoms with Gasteiger partial charge < -0.3 is 13.9 Å². The Labute approximate surface area is 220 Å². The summed E-state index contributed by atoms with van der Waals surface area (Å²) < 4.78 is 18.0. The van der Waals surface area contributed by atoms with E-state index in [0.29, 0.717) is 52.0 Å². The highest BCUT2D eigenvalue weighted by molar-refractivity contribution is 6.31. The van der Waals surface area contributed by atoms with Crippen LogP contribution in [-0.4, -0.2) is 19.1 Å². The molecule has 4 aromatic rings. The van der Waals surface area contributed by atoms with E-state index in [0.717, 1.165) is 19.3 Å². The molecule has 0 radical (unpaired) electrons. The van der Waals surface area contributed by atoms with Crippen molar-refractivity contribution in [2.24, 2.45) is 0 Å². The van der Waals surface area contributed by atoms with Crippen molar-refractivity contribution < 1.29 is 18.7 Å². The van der Waals surface area contributed by atoms with Crippen LogP contribution < -0.4 is 19.8 Å². The number of amides is 1. The summed E-state index contributed by atoms with van der Waals surface area (Å²) in [4.78, 5) is 29.1. The second-order valence-electron chi connectivity index (χ2n) is 8.92. The number of unbranched alkanes of at least 4 members (excludes halogenated alkanes) is 2. The van der Waals surface area contributed by atoms with Gasteiger partial charge in [-0.1, -0.05) is 55.6 Å². The molecule has 6 nitrogen and oxygen atoms in total. The molecule has 0 saturated heterocycles. The number of benzene rings is 3. The van der Waals surface area contributed by atoms with Crippen molar-refractivity contribution in [1.29, 1.82) is 0 Å². The number of hydrogen-bond donors (Lipinski definition) is 0. The molecule has 1 unspecified atom stereocenters. The number of ether oxygens (including phenoxy) is 2. The summed E-state index contributed by atoms with van der Waals surface area (Å²) >= 11 is 6.19. The maximum absolute atomic E-state index is 13.8. The third kappa shape index (κ3) is 4.69. The molecule has 0 N–H and O–H groups in total. The van der Waals surface area contributed by atoms with E-state index in [4.69, 9.17) is 25.5 Å². The number of rotatable bonds is 9. The molecule has 37 heavy (non-hydrogen) atoms. The zero-order valence-corrected chi connectivity index (χ0v) is 21.6. The van der Waals surface area contributed by atoms with Gasteiger partial charge in [-0.15, -0.1) is 0 Å². The van der Waals surface area contributed by atoms with Gasteiger partial charge in [-0.25, -0.2) is 0 Å². The number of fused-ring (bicyclic) bond motifs is 2. The van der Waals surface area contributed by atoms with Crippen molar-refractivity contribution in [3.05, 3.63) is 98.9 Å². The highest BCUT2D eigenvalue weighted by Crippen LogP contribution is 2.43. The molecule has 0 saturated carbocycles. The summed E-state index contributed by atoms with van der Waals surface area (Å²) in [6.45, 7) is 5.09. The molecule has 0 aliphatic carbocycles. The Morgan fingerprint density at radius 1 is 0.919 bits per heavy atom. The smallest absolute Gasteiger partial charge is 0.295 e. The lowest BCUT2D eigenvalue weighted by atomic mass is 9.97. The topological polar surface area (TPSA) is 69.0 Å². The van der Waals surface area contributed by atoms with E-state index in [1.54, 1.807) is 23.1 Å². The van der Waals surface area contributed by atoms with Gasteiger partial charge in [-0.2, -0.15) is 0 Å². The van der Waals surface area contributed by atoms with Gasteiger partial charge in [0.15, 0.2) is 16.9 Å². The number of carbonyl (C=O) groups excluding carboxylic acids is 1. The van der Waals surface area contributed by atoms with Gasteiger partial charge in [0.25, 0.3) is 5.91 Å². The van der Waals surface area contributed by atoms with Crippen LogP contribution in [0.5, 0.6) is 11.5 Å². The molecule has 5 rings (SSSR count). The number of carbonyl (C=O) groups is 1. The van der Waals surface area contributed by atoms with Crippen LogP contribution in [0.3, 0.4) is 0 Å². The van der Waals surface area contributed by atoms with Crippen molar-refractivity contribution >= 4 is 34.2 Å². The summed E-state index contributed by atoms with van der Waals surface area (Å²) in [5, 5.41) is 0.753. The average molecular weight is 518 g/mol. The van der Waals surface area contributed by atoms with Crippen molar-refractivity contribution in [3.63, 3.8) is 0 Å². The minimum Gasteiger partial charge on any atom is -0.490 e. The summed E-state index contributed by atoms with van der Waals surface area (Å²) in [5.74, 6) is 0.859. The van der Waals surface area contributed by atoms with E-state index in [-0.39, 0.29) is 22.7 Å². The minimum atomic E-state index is -0.710. The first-order valence-electron chi connectivity index (χ1n) is 12.6. The quantitative estimate of drug-likeness (QED) is 0.220. The molecule has 1 aliphatic rings. The fourth-order valence-electron chi connectivity index (χ4n) is 4.73. The van der Waals surface area contributed by atoms with E-state index in [2.05, 4.69) is 6.92 Å². The highest BCUT2D eigenvalue weighted by atomic mass is 35.5. The fourth-order valence-corrected chi connectivity index (χ4v) is 4.90. The third-order valence-electron chi connectivity index (χ3n) is 6.46. The molecule has 0 bridgehead atoms. The lowest BCUT2D eigenvalue weighted by molar-refractivity contribution is 0.0971. The SMILES string of the molecule is CCCCCOc1ccc(C2c3c(oc4ccc(Cl)cc4c3=O)C(=O)N2c2ccccc2)cc1OCC. The first-order valence-corrected chi connectivity index (χ1v) is 13.0. The molecule has 0 spiro atoms. The first-order chi connectivity index (χ1) is 18.0. The van der Waals surface area contributed by atoms with Gasteiger partial charge in [0.05, 0.1) is 30.2 Å². The van der Waals surface area contributed by atoms with Crippen LogP contribution in [0.25, 0.3) is 11.0 Å². The highest BCUT2D eigenvalue weighted by Gasteiger charge is 2.44. The third-order valence-corrected chi connectivity index (χ3v) is 6.69. The zero-order chi connectivity index (χ0) is 25.9. The molecule has 1 aromatic heterocycles. The van der Waals surface area contributed by atoms with Crippen LogP contribution in [0, 0.1) is 0 Å². The van der Waals surface area contributed by atoms with Crippen LogP contribution in [0.2, 0.25) is 5.02 Å². The van der Waals surface area contributed by atoms with E-state index < -0.39 is 6.04 Å².